The Labute approximate surface area is 207 Å². The molecule has 0 saturated heterocycles. The molecule has 35 heavy (non-hydrogen) atoms. The van der Waals surface area contributed by atoms with Crippen LogP contribution in [0.3, 0.4) is 0 Å². The second-order valence-corrected chi connectivity index (χ2v) is 8.91. The molecule has 0 bridgehead atoms. The van der Waals surface area contributed by atoms with Crippen LogP contribution in [0.4, 0.5) is 5.69 Å². The van der Waals surface area contributed by atoms with Gasteiger partial charge in [-0.1, -0.05) is 29.8 Å². The average Bonchev–Trinajstić information content (AvgIpc) is 3.54. The first-order valence-electron chi connectivity index (χ1n) is 11.0. The topological polar surface area (TPSA) is 89.6 Å². The summed E-state index contributed by atoms with van der Waals surface area (Å²) in [6, 6.07) is 19.5. The van der Waals surface area contributed by atoms with Crippen molar-refractivity contribution in [3.8, 4) is 17.2 Å². The standard InChI is InChI=1S/C26H23ClN4O4/c1-26(25(33)28-15-17-8-10-18(27)11-9-17)16-30-22(14-21(29-30)23-7-4-12-35-23)24(32)31(26)19-5-3-6-20(13-19)34-2/h3-14H,15-16H2,1-2H3,(H,28,33)/t26-/m1/s1. The van der Waals surface area contributed by atoms with Gasteiger partial charge in [0.1, 0.15) is 22.7 Å². The predicted molar refractivity (Wildman–Crippen MR) is 131 cm³/mol. The van der Waals surface area contributed by atoms with E-state index in [1.165, 1.54) is 4.90 Å². The van der Waals surface area contributed by atoms with Gasteiger partial charge in [-0.15, -0.1) is 0 Å². The Balaban J connectivity index is 1.53. The first kappa shape index (κ1) is 22.7. The fourth-order valence-electron chi connectivity index (χ4n) is 4.26. The molecule has 0 unspecified atom stereocenters. The highest BCUT2D eigenvalue weighted by Gasteiger charge is 2.49. The van der Waals surface area contributed by atoms with Crippen LogP contribution in [-0.4, -0.2) is 34.2 Å². The monoisotopic (exact) mass is 490 g/mol. The minimum atomic E-state index is -1.27. The van der Waals surface area contributed by atoms with Gasteiger partial charge in [-0.3, -0.25) is 19.2 Å². The molecule has 0 aliphatic carbocycles. The van der Waals surface area contributed by atoms with Crippen molar-refractivity contribution in [3.05, 3.63) is 89.3 Å². The quantitative estimate of drug-likeness (QED) is 0.428. The van der Waals surface area contributed by atoms with Gasteiger partial charge < -0.3 is 14.5 Å². The van der Waals surface area contributed by atoms with E-state index in [0.29, 0.717) is 33.6 Å². The van der Waals surface area contributed by atoms with Crippen LogP contribution in [0, 0.1) is 0 Å². The normalized spacial score (nSPS) is 17.2. The number of fused-ring (bicyclic) bond motifs is 1. The highest BCUT2D eigenvalue weighted by atomic mass is 35.5. The number of amides is 2. The molecular formula is C26H23ClN4O4. The summed E-state index contributed by atoms with van der Waals surface area (Å²) in [5.41, 5.74) is 1.05. The van der Waals surface area contributed by atoms with Crippen molar-refractivity contribution in [3.63, 3.8) is 0 Å². The van der Waals surface area contributed by atoms with Crippen molar-refractivity contribution in [2.75, 3.05) is 12.0 Å². The molecule has 178 valence electrons. The van der Waals surface area contributed by atoms with E-state index in [2.05, 4.69) is 10.4 Å². The number of hydrogen-bond donors (Lipinski definition) is 1. The molecule has 5 rings (SSSR count). The van der Waals surface area contributed by atoms with Gasteiger partial charge in [0, 0.05) is 29.4 Å². The molecule has 2 aromatic carbocycles. The van der Waals surface area contributed by atoms with Crippen molar-refractivity contribution in [1.29, 1.82) is 0 Å². The lowest BCUT2D eigenvalue weighted by molar-refractivity contribution is -0.126. The zero-order valence-electron chi connectivity index (χ0n) is 19.2. The van der Waals surface area contributed by atoms with Crippen molar-refractivity contribution >= 4 is 29.1 Å². The third-order valence-electron chi connectivity index (χ3n) is 6.09. The third kappa shape index (κ3) is 4.17. The van der Waals surface area contributed by atoms with E-state index in [0.717, 1.165) is 5.56 Å². The molecule has 9 heteroatoms. The largest absolute Gasteiger partial charge is 0.497 e. The number of nitrogens with one attached hydrogen (secondary N) is 1. The van der Waals surface area contributed by atoms with Gasteiger partial charge in [-0.25, -0.2) is 0 Å². The number of halogens is 1. The van der Waals surface area contributed by atoms with E-state index in [-0.39, 0.29) is 24.9 Å². The molecule has 8 nitrogen and oxygen atoms in total. The van der Waals surface area contributed by atoms with Gasteiger partial charge in [0.05, 0.1) is 19.9 Å². The second-order valence-electron chi connectivity index (χ2n) is 8.47. The number of aromatic nitrogens is 2. The van der Waals surface area contributed by atoms with Crippen LogP contribution in [-0.2, 0) is 17.9 Å². The lowest BCUT2D eigenvalue weighted by Gasteiger charge is -2.43. The smallest absolute Gasteiger partial charge is 0.277 e. The van der Waals surface area contributed by atoms with E-state index in [4.69, 9.17) is 20.8 Å². The summed E-state index contributed by atoms with van der Waals surface area (Å²) < 4.78 is 12.4. The molecule has 1 atom stereocenters. The Morgan fingerprint density at radius 1 is 1.17 bits per heavy atom. The van der Waals surface area contributed by atoms with Gasteiger partial charge in [-0.05, 0) is 48.9 Å². The number of nitrogens with zero attached hydrogens (tertiary/aromatic N) is 3. The highest BCUT2D eigenvalue weighted by molar-refractivity contribution is 6.30. The maximum atomic E-state index is 13.8. The third-order valence-corrected chi connectivity index (χ3v) is 6.35. The van der Waals surface area contributed by atoms with Crippen LogP contribution in [0.1, 0.15) is 23.0 Å². The summed E-state index contributed by atoms with van der Waals surface area (Å²) in [5.74, 6) is 0.458. The van der Waals surface area contributed by atoms with Crippen LogP contribution in [0.2, 0.25) is 5.02 Å². The lowest BCUT2D eigenvalue weighted by Crippen LogP contribution is -2.64. The molecule has 0 spiro atoms. The van der Waals surface area contributed by atoms with E-state index < -0.39 is 5.54 Å². The summed E-state index contributed by atoms with van der Waals surface area (Å²) in [5, 5.41) is 8.16. The maximum absolute atomic E-state index is 13.8. The maximum Gasteiger partial charge on any atom is 0.277 e. The zero-order valence-corrected chi connectivity index (χ0v) is 20.0. The molecule has 3 heterocycles. The Kier molecular flexibility index (Phi) is 5.82. The molecule has 2 amide bonds. The van der Waals surface area contributed by atoms with E-state index in [9.17, 15) is 9.59 Å². The van der Waals surface area contributed by atoms with Crippen molar-refractivity contribution in [2.24, 2.45) is 0 Å². The fourth-order valence-corrected chi connectivity index (χ4v) is 4.38. The van der Waals surface area contributed by atoms with Gasteiger partial charge in [0.15, 0.2) is 5.76 Å². The van der Waals surface area contributed by atoms with Gasteiger partial charge in [0.2, 0.25) is 5.91 Å². The minimum absolute atomic E-state index is 0.151. The van der Waals surface area contributed by atoms with Crippen molar-refractivity contribution in [1.82, 2.24) is 15.1 Å². The molecule has 1 aliphatic rings. The number of carbonyl (C=O) groups excluding carboxylic acids is 2. The molecule has 1 N–H and O–H groups in total. The number of carbonyl (C=O) groups is 2. The SMILES string of the molecule is COc1cccc(N2C(=O)c3cc(-c4ccco4)nn3C[C@]2(C)C(=O)NCc2ccc(Cl)cc2)c1. The number of anilines is 1. The van der Waals surface area contributed by atoms with Crippen molar-refractivity contribution < 1.29 is 18.7 Å². The second kappa shape index (κ2) is 8.96. The summed E-state index contributed by atoms with van der Waals surface area (Å²) in [7, 11) is 1.56. The first-order valence-corrected chi connectivity index (χ1v) is 11.4. The van der Waals surface area contributed by atoms with Crippen LogP contribution < -0.4 is 15.0 Å². The number of furan rings is 1. The van der Waals surface area contributed by atoms with Crippen LogP contribution >= 0.6 is 11.6 Å². The Morgan fingerprint density at radius 2 is 1.97 bits per heavy atom. The molecule has 1 aliphatic heterocycles. The summed E-state index contributed by atoms with van der Waals surface area (Å²) in [6.07, 6.45) is 1.55. The Morgan fingerprint density at radius 3 is 2.69 bits per heavy atom. The molecule has 4 aromatic rings. The molecule has 0 saturated carbocycles. The summed E-state index contributed by atoms with van der Waals surface area (Å²) in [6.45, 7) is 2.17. The van der Waals surface area contributed by atoms with Gasteiger partial charge >= 0.3 is 0 Å². The molecule has 2 aromatic heterocycles. The lowest BCUT2D eigenvalue weighted by atomic mass is 9.93. The summed E-state index contributed by atoms with van der Waals surface area (Å²) in [4.78, 5) is 29.0. The van der Waals surface area contributed by atoms with E-state index in [1.54, 1.807) is 79.6 Å². The van der Waals surface area contributed by atoms with Gasteiger partial charge in [-0.2, -0.15) is 5.10 Å². The molecular weight excluding hydrogens is 468 g/mol. The number of ether oxygens (including phenoxy) is 1. The average molecular weight is 491 g/mol. The number of hydrogen-bond acceptors (Lipinski definition) is 5. The first-order chi connectivity index (χ1) is 16.9. The highest BCUT2D eigenvalue weighted by Crippen LogP contribution is 2.35. The summed E-state index contributed by atoms with van der Waals surface area (Å²) >= 11 is 5.97. The van der Waals surface area contributed by atoms with Gasteiger partial charge in [0.25, 0.3) is 5.91 Å². The zero-order chi connectivity index (χ0) is 24.6. The van der Waals surface area contributed by atoms with Crippen LogP contribution in [0.5, 0.6) is 5.75 Å². The predicted octanol–water partition coefficient (Wildman–Crippen LogP) is 4.54. The van der Waals surface area contributed by atoms with Crippen molar-refractivity contribution in [2.45, 2.75) is 25.6 Å². The number of rotatable bonds is 6. The van der Waals surface area contributed by atoms with E-state index in [1.807, 2.05) is 12.1 Å². The van der Waals surface area contributed by atoms with E-state index >= 15 is 0 Å². The van der Waals surface area contributed by atoms with Crippen LogP contribution in [0.25, 0.3) is 11.5 Å². The molecule has 0 radical (unpaired) electrons. The Bertz CT molecular complexity index is 1380. The molecule has 0 fully saturated rings. The number of methoxy groups -OCH3 is 1. The van der Waals surface area contributed by atoms with Crippen LogP contribution in [0.15, 0.2) is 77.4 Å². The fraction of sp³-hybridized carbons (Fsp3) is 0.192. The minimum Gasteiger partial charge on any atom is -0.497 e. The Hall–Kier alpha value is -4.04. The number of benzene rings is 2.